The van der Waals surface area contributed by atoms with Crippen molar-refractivity contribution in [3.8, 4) is 6.07 Å². The van der Waals surface area contributed by atoms with Crippen LogP contribution in [0.25, 0.3) is 11.5 Å². The fraction of sp³-hybridized carbons (Fsp3) is 0.400. The Morgan fingerprint density at radius 2 is 1.77 bits per heavy atom. The summed E-state index contributed by atoms with van der Waals surface area (Å²) in [5, 5.41) is 14.0. The van der Waals surface area contributed by atoms with Gasteiger partial charge in [0.1, 0.15) is 6.07 Å². The lowest BCUT2D eigenvalue weighted by Crippen LogP contribution is -2.09. The highest BCUT2D eigenvalue weighted by molar-refractivity contribution is 6.04. The Morgan fingerprint density at radius 1 is 1.14 bits per heavy atom. The molecule has 0 aliphatic heterocycles. The smallest absolute Gasteiger partial charge is 0.374 e. The number of rotatable bonds is 3. The van der Waals surface area contributed by atoms with Gasteiger partial charge in [-0.05, 0) is 40.2 Å². The number of nitrogens with zero attached hydrogens (tertiary/aromatic N) is 5. The molecule has 0 atom stereocenters. The summed E-state index contributed by atoms with van der Waals surface area (Å²) in [5.41, 5.74) is 4.79. The zero-order valence-corrected chi connectivity index (χ0v) is 13.7. The van der Waals surface area contributed by atoms with Gasteiger partial charge in [0.15, 0.2) is 17.3 Å². The number of hydrogen-bond acceptors (Lipinski definition) is 4. The molecule has 2 rings (SSSR count). The van der Waals surface area contributed by atoms with Crippen LogP contribution in [-0.2, 0) is 11.7 Å². The van der Waals surface area contributed by atoms with Crippen molar-refractivity contribution in [2.45, 2.75) is 34.6 Å². The quantitative estimate of drug-likeness (QED) is 0.494. The Balaban J connectivity index is 2.77. The van der Waals surface area contributed by atoms with E-state index >= 15 is 0 Å². The van der Waals surface area contributed by atoms with E-state index in [0.717, 1.165) is 28.3 Å². The molecule has 0 saturated heterocycles. The second kappa shape index (κ2) is 5.72. The van der Waals surface area contributed by atoms with Gasteiger partial charge in [-0.1, -0.05) is 0 Å². The van der Waals surface area contributed by atoms with Crippen molar-refractivity contribution in [1.82, 2.24) is 19.3 Å². The highest BCUT2D eigenvalue weighted by atomic mass is 16.4. The average Bonchev–Trinajstić information content (AvgIpc) is 2.90. The van der Waals surface area contributed by atoms with Crippen molar-refractivity contribution in [1.29, 1.82) is 5.26 Å². The van der Waals surface area contributed by atoms with Gasteiger partial charge in [0.2, 0.25) is 0 Å². The largest absolute Gasteiger partial charge is 0.563 e. The molecular formula is C15H18BN5O. The molecule has 0 aliphatic carbocycles. The number of aryl methyl sites for hydroxylation is 2. The van der Waals surface area contributed by atoms with Gasteiger partial charge in [-0.3, -0.25) is 0 Å². The summed E-state index contributed by atoms with van der Waals surface area (Å²) in [4.78, 5) is 4.44. The Hall–Kier alpha value is -2.49. The molecule has 7 heteroatoms. The van der Waals surface area contributed by atoms with E-state index < -0.39 is 0 Å². The molecule has 112 valence electrons. The standard InChI is InChI=1S/C15H18BN5O/c1-8-9(2)19-21(11(8)4)13(7-17)14(22-16)15-18-10(3)12(5)20(15)6/h1-6H3. The molecule has 2 radical (unpaired) electrons. The molecule has 0 aliphatic rings. The normalized spacial score (nSPS) is 12.0. The highest BCUT2D eigenvalue weighted by Gasteiger charge is 2.21. The van der Waals surface area contributed by atoms with Gasteiger partial charge in [-0.15, -0.1) is 0 Å². The minimum Gasteiger partial charge on any atom is -0.563 e. The summed E-state index contributed by atoms with van der Waals surface area (Å²) in [6, 6.07) is 2.13. The second-order valence-corrected chi connectivity index (χ2v) is 5.28. The molecule has 0 saturated carbocycles. The van der Waals surface area contributed by atoms with E-state index in [9.17, 15) is 5.26 Å². The van der Waals surface area contributed by atoms with Crippen molar-refractivity contribution in [2.24, 2.45) is 7.05 Å². The first-order valence-electron chi connectivity index (χ1n) is 6.88. The molecule has 2 aromatic rings. The molecule has 0 N–H and O–H groups in total. The SMILES string of the molecule is [B]OC(=C(C#N)n1nc(C)c(C)c1C)c1nc(C)c(C)n1C. The fourth-order valence-electron chi connectivity index (χ4n) is 2.27. The number of imidazole rings is 1. The van der Waals surface area contributed by atoms with Crippen LogP contribution in [0.2, 0.25) is 0 Å². The Labute approximate surface area is 131 Å². The van der Waals surface area contributed by atoms with Crippen LogP contribution in [0.5, 0.6) is 0 Å². The number of aromatic nitrogens is 4. The lowest BCUT2D eigenvalue weighted by molar-refractivity contribution is 0.555. The van der Waals surface area contributed by atoms with Gasteiger partial charge in [-0.25, -0.2) is 9.67 Å². The number of hydrogen-bond donors (Lipinski definition) is 0. The third-order valence-corrected chi connectivity index (χ3v) is 4.12. The summed E-state index contributed by atoms with van der Waals surface area (Å²) >= 11 is 0. The maximum absolute atomic E-state index is 9.59. The first kappa shape index (κ1) is 15.9. The summed E-state index contributed by atoms with van der Waals surface area (Å²) in [6.07, 6.45) is 0. The molecule has 0 amide bonds. The topological polar surface area (TPSA) is 68.7 Å². The Kier molecular flexibility index (Phi) is 4.13. The van der Waals surface area contributed by atoms with Crippen molar-refractivity contribution in [3.05, 3.63) is 34.2 Å². The molecule has 6 nitrogen and oxygen atoms in total. The average molecular weight is 295 g/mol. The summed E-state index contributed by atoms with van der Waals surface area (Å²) in [6.45, 7) is 9.59. The van der Waals surface area contributed by atoms with E-state index in [-0.39, 0.29) is 11.5 Å². The molecule has 2 heterocycles. The maximum atomic E-state index is 9.59. The molecule has 0 fully saturated rings. The molecule has 0 bridgehead atoms. The van der Waals surface area contributed by atoms with Gasteiger partial charge in [-0.2, -0.15) is 10.4 Å². The summed E-state index contributed by atoms with van der Waals surface area (Å²) in [5.74, 6) is 0.700. The number of nitriles is 1. The highest BCUT2D eigenvalue weighted by Crippen LogP contribution is 2.25. The van der Waals surface area contributed by atoms with E-state index in [4.69, 9.17) is 12.7 Å². The molecule has 22 heavy (non-hydrogen) atoms. The summed E-state index contributed by atoms with van der Waals surface area (Å²) < 4.78 is 8.40. The van der Waals surface area contributed by atoms with Gasteiger partial charge < -0.3 is 9.22 Å². The number of allylic oxidation sites excluding steroid dienone is 1. The first-order valence-corrected chi connectivity index (χ1v) is 6.88. The monoisotopic (exact) mass is 295 g/mol. The molecular weight excluding hydrogens is 277 g/mol. The van der Waals surface area contributed by atoms with Crippen LogP contribution >= 0.6 is 0 Å². The minimum atomic E-state index is 0.201. The van der Waals surface area contributed by atoms with Crippen LogP contribution in [0, 0.1) is 45.9 Å². The predicted molar refractivity (Wildman–Crippen MR) is 84.7 cm³/mol. The van der Waals surface area contributed by atoms with Crippen LogP contribution in [0.1, 0.15) is 34.2 Å². The van der Waals surface area contributed by atoms with E-state index in [1.54, 1.807) is 4.68 Å². The lowest BCUT2D eigenvalue weighted by Gasteiger charge is -2.11. The van der Waals surface area contributed by atoms with Crippen molar-refractivity contribution >= 4 is 19.5 Å². The molecule has 0 spiro atoms. The van der Waals surface area contributed by atoms with Crippen molar-refractivity contribution in [3.63, 3.8) is 0 Å². The zero-order valence-electron chi connectivity index (χ0n) is 13.7. The van der Waals surface area contributed by atoms with Gasteiger partial charge in [0, 0.05) is 18.4 Å². The second-order valence-electron chi connectivity index (χ2n) is 5.28. The first-order chi connectivity index (χ1) is 10.3. The van der Waals surface area contributed by atoms with Crippen LogP contribution < -0.4 is 0 Å². The molecule has 2 aromatic heterocycles. The maximum Gasteiger partial charge on any atom is 0.374 e. The van der Waals surface area contributed by atoms with Crippen LogP contribution in [0.15, 0.2) is 0 Å². The van der Waals surface area contributed by atoms with E-state index in [1.807, 2.05) is 46.2 Å². The van der Waals surface area contributed by atoms with Crippen LogP contribution in [0.3, 0.4) is 0 Å². The van der Waals surface area contributed by atoms with E-state index in [0.29, 0.717) is 5.82 Å². The minimum absolute atomic E-state index is 0.201. The third kappa shape index (κ3) is 2.31. The van der Waals surface area contributed by atoms with Gasteiger partial charge in [0.25, 0.3) is 0 Å². The van der Waals surface area contributed by atoms with Gasteiger partial charge >= 0.3 is 8.05 Å². The predicted octanol–water partition coefficient (Wildman–Crippen LogP) is 2.11. The van der Waals surface area contributed by atoms with E-state index in [1.165, 1.54) is 0 Å². The summed E-state index contributed by atoms with van der Waals surface area (Å²) in [7, 11) is 7.29. The van der Waals surface area contributed by atoms with Crippen molar-refractivity contribution in [2.75, 3.05) is 0 Å². The van der Waals surface area contributed by atoms with Crippen LogP contribution in [-0.4, -0.2) is 27.4 Å². The van der Waals surface area contributed by atoms with Gasteiger partial charge in [0.05, 0.1) is 11.4 Å². The molecule has 0 aromatic carbocycles. The van der Waals surface area contributed by atoms with Crippen LogP contribution in [0.4, 0.5) is 0 Å². The lowest BCUT2D eigenvalue weighted by atomic mass is 10.2. The third-order valence-electron chi connectivity index (χ3n) is 4.12. The fourth-order valence-corrected chi connectivity index (χ4v) is 2.27. The molecule has 0 unspecified atom stereocenters. The zero-order chi connectivity index (χ0) is 16.6. The Morgan fingerprint density at radius 3 is 2.14 bits per heavy atom. The Bertz CT molecular complexity index is 807. The van der Waals surface area contributed by atoms with E-state index in [2.05, 4.69) is 16.2 Å². The van der Waals surface area contributed by atoms with Crippen molar-refractivity contribution < 1.29 is 4.65 Å².